The minimum absolute atomic E-state index is 0.324. The zero-order valence-electron chi connectivity index (χ0n) is 11.5. The lowest BCUT2D eigenvalue weighted by Crippen LogP contribution is -1.99. The molecule has 11 nitrogen and oxygen atoms in total. The molecule has 22 heavy (non-hydrogen) atoms. The molecule has 3 unspecified atom stereocenters. The van der Waals surface area contributed by atoms with Crippen LogP contribution in [-0.2, 0) is 31.4 Å². The van der Waals surface area contributed by atoms with Gasteiger partial charge in [-0.3, -0.25) is 9.05 Å². The summed E-state index contributed by atoms with van der Waals surface area (Å²) in [6.07, 6.45) is 2.27. The summed E-state index contributed by atoms with van der Waals surface area (Å²) >= 11 is 0. The lowest BCUT2D eigenvalue weighted by molar-refractivity contribution is 0.169. The van der Waals surface area contributed by atoms with E-state index in [9.17, 15) is 18.6 Å². The molecule has 0 spiro atoms. The van der Waals surface area contributed by atoms with Gasteiger partial charge in [0.05, 0.1) is 19.8 Å². The number of hydrogen-bond acceptors (Lipinski definition) is 8. The van der Waals surface area contributed by atoms with Gasteiger partial charge in [0, 0.05) is 0 Å². The van der Waals surface area contributed by atoms with Crippen molar-refractivity contribution in [1.29, 1.82) is 0 Å². The van der Waals surface area contributed by atoms with E-state index in [2.05, 4.69) is 24.2 Å². The van der Waals surface area contributed by atoms with Gasteiger partial charge < -0.3 is 19.8 Å². The van der Waals surface area contributed by atoms with E-state index in [-0.39, 0.29) is 6.61 Å². The third-order valence-electron chi connectivity index (χ3n) is 1.69. The van der Waals surface area contributed by atoms with Crippen LogP contribution in [0.25, 0.3) is 0 Å². The summed E-state index contributed by atoms with van der Waals surface area (Å²) in [5.74, 6) is 0. The maximum atomic E-state index is 11.4. The maximum absolute atomic E-state index is 11.4. The van der Waals surface area contributed by atoms with Crippen molar-refractivity contribution >= 4 is 23.5 Å². The Morgan fingerprint density at radius 1 is 1.00 bits per heavy atom. The Bertz CT molecular complexity index is 541. The van der Waals surface area contributed by atoms with Crippen LogP contribution in [0.1, 0.15) is 6.92 Å². The summed E-state index contributed by atoms with van der Waals surface area (Å²) in [6.45, 7) is 3.34. The van der Waals surface area contributed by atoms with E-state index in [1.807, 2.05) is 0 Å². The van der Waals surface area contributed by atoms with Gasteiger partial charge in [0.2, 0.25) is 0 Å². The summed E-state index contributed by atoms with van der Waals surface area (Å²) in [5, 5.41) is 8.68. The van der Waals surface area contributed by atoms with Crippen molar-refractivity contribution in [2.75, 3.05) is 19.8 Å². The Morgan fingerprint density at radius 3 is 1.86 bits per heavy atom. The van der Waals surface area contributed by atoms with E-state index in [1.54, 1.807) is 0 Å². The third-order valence-corrected chi connectivity index (χ3v) is 5.94. The quantitative estimate of drug-likeness (QED) is 0.301. The van der Waals surface area contributed by atoms with E-state index in [4.69, 9.17) is 14.9 Å². The van der Waals surface area contributed by atoms with E-state index in [1.165, 1.54) is 13.0 Å². The van der Waals surface area contributed by atoms with E-state index < -0.39 is 36.7 Å². The Kier molecular flexibility index (Phi) is 9.16. The lowest BCUT2D eigenvalue weighted by Gasteiger charge is -2.17. The smallest absolute Gasteiger partial charge is 0.392 e. The fraction of sp³-hybridized carbons (Fsp3) is 0.500. The van der Waals surface area contributed by atoms with Gasteiger partial charge in [0.15, 0.2) is 0 Å². The molecule has 0 aromatic heterocycles. The molecule has 4 N–H and O–H groups in total. The minimum Gasteiger partial charge on any atom is -0.392 e. The first kappa shape index (κ1) is 21.9. The predicted octanol–water partition coefficient (Wildman–Crippen LogP) is 1.48. The Hall–Kier alpha value is -0.150. The standard InChI is InChI=1S/C8H17O11P3/c1-3-5-16-20(10,11)18-22(14,15)19-21(12,13)17-6-4-8(2)7-9/h3-4,9H,1,5-7H2,2H3,(H,10,11)(H,12,13)(H,14,15)/b8-4+. The Labute approximate surface area is 126 Å². The highest BCUT2D eigenvalue weighted by Crippen LogP contribution is 2.67. The Balaban J connectivity index is 4.67. The first-order valence-corrected chi connectivity index (χ1v) is 9.99. The van der Waals surface area contributed by atoms with Gasteiger partial charge in [-0.1, -0.05) is 12.2 Å². The highest BCUT2D eigenvalue weighted by molar-refractivity contribution is 7.66. The van der Waals surface area contributed by atoms with Gasteiger partial charge >= 0.3 is 23.5 Å². The van der Waals surface area contributed by atoms with E-state index in [0.29, 0.717) is 5.57 Å². The average Bonchev–Trinajstić information content (AvgIpc) is 2.33. The van der Waals surface area contributed by atoms with Gasteiger partial charge in [-0.2, -0.15) is 8.62 Å². The molecule has 0 saturated carbocycles. The summed E-state index contributed by atoms with van der Waals surface area (Å²) in [5.41, 5.74) is 0.404. The molecular formula is C8H17O11P3. The zero-order chi connectivity index (χ0) is 17.4. The van der Waals surface area contributed by atoms with Crippen molar-refractivity contribution in [2.45, 2.75) is 6.92 Å². The van der Waals surface area contributed by atoms with Crippen molar-refractivity contribution in [1.82, 2.24) is 0 Å². The fourth-order valence-electron chi connectivity index (χ4n) is 0.808. The molecule has 3 atom stereocenters. The summed E-state index contributed by atoms with van der Waals surface area (Å²) in [7, 11) is -15.5. The largest absolute Gasteiger partial charge is 0.490 e. The molecular weight excluding hydrogens is 365 g/mol. The van der Waals surface area contributed by atoms with Crippen molar-refractivity contribution in [3.8, 4) is 0 Å². The topological polar surface area (TPSA) is 169 Å². The molecule has 0 amide bonds. The van der Waals surface area contributed by atoms with Crippen LogP contribution in [0.3, 0.4) is 0 Å². The van der Waals surface area contributed by atoms with Gasteiger partial charge in [-0.15, -0.1) is 6.58 Å². The van der Waals surface area contributed by atoms with Crippen LogP contribution in [0.2, 0.25) is 0 Å². The molecule has 0 aliphatic rings. The maximum Gasteiger partial charge on any atom is 0.490 e. The number of aliphatic hydroxyl groups is 1. The normalized spacial score (nSPS) is 20.7. The molecule has 130 valence electrons. The van der Waals surface area contributed by atoms with Gasteiger partial charge in [-0.05, 0) is 12.5 Å². The minimum atomic E-state index is -5.43. The average molecular weight is 382 g/mol. The van der Waals surface area contributed by atoms with E-state index >= 15 is 0 Å². The first-order chi connectivity index (χ1) is 9.93. The number of rotatable bonds is 11. The lowest BCUT2D eigenvalue weighted by atomic mass is 10.3. The molecule has 0 heterocycles. The van der Waals surface area contributed by atoms with Crippen LogP contribution in [0.4, 0.5) is 0 Å². The monoisotopic (exact) mass is 382 g/mol. The summed E-state index contributed by atoms with van der Waals surface area (Å²) < 4.78 is 50.0. The SMILES string of the molecule is C=CCOP(=O)(O)OP(=O)(O)OP(=O)(O)OC/C=C(\C)CO. The van der Waals surface area contributed by atoms with Crippen LogP contribution in [-0.4, -0.2) is 39.6 Å². The second kappa shape index (κ2) is 9.22. The van der Waals surface area contributed by atoms with Gasteiger partial charge in [0.25, 0.3) is 0 Å². The van der Waals surface area contributed by atoms with Crippen molar-refractivity contribution in [2.24, 2.45) is 0 Å². The van der Waals surface area contributed by atoms with Crippen LogP contribution >= 0.6 is 23.5 Å². The molecule has 0 bridgehead atoms. The molecule has 0 rings (SSSR count). The van der Waals surface area contributed by atoms with Gasteiger partial charge in [-0.25, -0.2) is 13.7 Å². The van der Waals surface area contributed by atoms with E-state index in [0.717, 1.165) is 6.08 Å². The van der Waals surface area contributed by atoms with Crippen LogP contribution < -0.4 is 0 Å². The Morgan fingerprint density at radius 2 is 1.45 bits per heavy atom. The highest BCUT2D eigenvalue weighted by atomic mass is 31.3. The number of hydrogen-bond donors (Lipinski definition) is 4. The van der Waals surface area contributed by atoms with Crippen LogP contribution in [0.5, 0.6) is 0 Å². The molecule has 0 aliphatic heterocycles. The molecule has 0 aromatic rings. The van der Waals surface area contributed by atoms with Crippen LogP contribution in [0, 0.1) is 0 Å². The molecule has 14 heteroatoms. The van der Waals surface area contributed by atoms with Crippen molar-refractivity contribution in [3.05, 3.63) is 24.3 Å². The first-order valence-electron chi connectivity index (χ1n) is 5.50. The second-order valence-corrected chi connectivity index (χ2v) is 8.29. The predicted molar refractivity (Wildman–Crippen MR) is 74.6 cm³/mol. The number of phosphoric ester groups is 2. The van der Waals surface area contributed by atoms with Crippen LogP contribution in [0.15, 0.2) is 24.3 Å². The number of aliphatic hydroxyl groups excluding tert-OH is 1. The molecule has 0 fully saturated rings. The zero-order valence-corrected chi connectivity index (χ0v) is 14.2. The summed E-state index contributed by atoms with van der Waals surface area (Å²) in [4.78, 5) is 27.4. The highest BCUT2D eigenvalue weighted by Gasteiger charge is 2.41. The molecule has 0 radical (unpaired) electrons. The number of phosphoric acid groups is 3. The molecule has 0 aliphatic carbocycles. The molecule has 0 saturated heterocycles. The van der Waals surface area contributed by atoms with Crippen molar-refractivity contribution < 1.29 is 51.2 Å². The summed E-state index contributed by atoms with van der Waals surface area (Å²) in [6, 6.07) is 0. The fourth-order valence-corrected chi connectivity index (χ4v) is 4.22. The second-order valence-electron chi connectivity index (χ2n) is 3.66. The molecule has 0 aromatic carbocycles. The third kappa shape index (κ3) is 10.6. The van der Waals surface area contributed by atoms with Crippen molar-refractivity contribution in [3.63, 3.8) is 0 Å². The van der Waals surface area contributed by atoms with Gasteiger partial charge in [0.1, 0.15) is 0 Å².